The van der Waals surface area contributed by atoms with Gasteiger partial charge in [-0.05, 0) is 20.8 Å². The molecule has 1 N–H and O–H groups in total. The summed E-state index contributed by atoms with van der Waals surface area (Å²) in [6, 6.07) is 1.57. The van der Waals surface area contributed by atoms with Gasteiger partial charge in [0.1, 0.15) is 0 Å². The summed E-state index contributed by atoms with van der Waals surface area (Å²) in [7, 11) is -3.72. The zero-order valence-corrected chi connectivity index (χ0v) is 10.4. The van der Waals surface area contributed by atoms with Crippen molar-refractivity contribution in [3.63, 3.8) is 0 Å². The van der Waals surface area contributed by atoms with Crippen LogP contribution in [0.15, 0.2) is 0 Å². The van der Waals surface area contributed by atoms with E-state index in [0.717, 1.165) is 4.31 Å². The van der Waals surface area contributed by atoms with E-state index in [1.54, 1.807) is 26.8 Å². The van der Waals surface area contributed by atoms with E-state index in [-0.39, 0.29) is 13.0 Å². The van der Waals surface area contributed by atoms with Crippen molar-refractivity contribution in [3.8, 4) is 6.07 Å². The molecular formula is C9H16N2O4S. The first-order valence-corrected chi connectivity index (χ1v) is 6.31. The van der Waals surface area contributed by atoms with Crippen LogP contribution in [0.1, 0.15) is 27.2 Å². The van der Waals surface area contributed by atoms with Crippen LogP contribution in [0.5, 0.6) is 0 Å². The molecule has 0 spiro atoms. The number of hydrogen-bond donors (Lipinski definition) is 1. The van der Waals surface area contributed by atoms with Gasteiger partial charge >= 0.3 is 5.97 Å². The number of carbonyl (C=O) groups is 1. The molecule has 7 heteroatoms. The zero-order valence-electron chi connectivity index (χ0n) is 9.60. The average molecular weight is 248 g/mol. The van der Waals surface area contributed by atoms with E-state index in [1.807, 2.05) is 0 Å². The lowest BCUT2D eigenvalue weighted by molar-refractivity contribution is -0.137. The molecule has 0 fully saturated rings. The minimum absolute atomic E-state index is 0.122. The fraction of sp³-hybridized carbons (Fsp3) is 0.778. The van der Waals surface area contributed by atoms with E-state index in [9.17, 15) is 13.2 Å². The lowest BCUT2D eigenvalue weighted by Gasteiger charge is -2.33. The molecule has 0 aliphatic rings. The summed E-state index contributed by atoms with van der Waals surface area (Å²) in [6.45, 7) is 4.85. The third-order valence-corrected chi connectivity index (χ3v) is 3.76. The Morgan fingerprint density at radius 1 is 1.44 bits per heavy atom. The topological polar surface area (TPSA) is 98.5 Å². The molecule has 0 bridgehead atoms. The van der Waals surface area contributed by atoms with Crippen LogP contribution in [0.3, 0.4) is 0 Å². The second kappa shape index (κ2) is 5.27. The number of carboxylic acids is 1. The number of aliphatic carboxylic acids is 1. The second-order valence-electron chi connectivity index (χ2n) is 4.30. The normalized spacial score (nSPS) is 12.4. The quantitative estimate of drug-likeness (QED) is 0.760. The molecule has 0 unspecified atom stereocenters. The summed E-state index contributed by atoms with van der Waals surface area (Å²) in [4.78, 5) is 10.4. The Labute approximate surface area is 95.5 Å². The van der Waals surface area contributed by atoms with Crippen LogP contribution < -0.4 is 0 Å². The maximum atomic E-state index is 11.7. The van der Waals surface area contributed by atoms with Crippen LogP contribution >= 0.6 is 0 Å². The van der Waals surface area contributed by atoms with E-state index in [4.69, 9.17) is 10.4 Å². The van der Waals surface area contributed by atoms with Crippen LogP contribution in [-0.2, 0) is 14.8 Å². The van der Waals surface area contributed by atoms with Crippen LogP contribution in [0.25, 0.3) is 0 Å². The molecule has 0 aromatic carbocycles. The molecule has 6 nitrogen and oxygen atoms in total. The number of nitrogens with zero attached hydrogens (tertiary/aromatic N) is 2. The monoisotopic (exact) mass is 248 g/mol. The average Bonchev–Trinajstić information content (AvgIpc) is 1.99. The Hall–Kier alpha value is -1.13. The summed E-state index contributed by atoms with van der Waals surface area (Å²) in [5, 5.41) is 17.0. The number of sulfonamides is 1. The Morgan fingerprint density at radius 3 is 2.25 bits per heavy atom. The van der Waals surface area contributed by atoms with Crippen molar-refractivity contribution in [2.24, 2.45) is 0 Å². The van der Waals surface area contributed by atoms with Gasteiger partial charge in [-0.25, -0.2) is 8.42 Å². The molecule has 0 atom stereocenters. The van der Waals surface area contributed by atoms with Gasteiger partial charge in [-0.15, -0.1) is 0 Å². The first-order chi connectivity index (χ1) is 7.11. The summed E-state index contributed by atoms with van der Waals surface area (Å²) in [5.41, 5.74) is -0.731. The summed E-state index contributed by atoms with van der Waals surface area (Å²) in [5.74, 6) is -1.70. The van der Waals surface area contributed by atoms with E-state index in [2.05, 4.69) is 0 Å². The summed E-state index contributed by atoms with van der Waals surface area (Å²) < 4.78 is 24.5. The molecule has 0 radical (unpaired) electrons. The van der Waals surface area contributed by atoms with Gasteiger partial charge in [-0.2, -0.15) is 9.57 Å². The SMILES string of the molecule is CC(C)(C)N(CCC(=O)O)S(=O)(=O)CC#N. The van der Waals surface area contributed by atoms with Crippen molar-refractivity contribution in [2.75, 3.05) is 12.3 Å². The fourth-order valence-corrected chi connectivity index (χ4v) is 2.77. The van der Waals surface area contributed by atoms with Crippen molar-refractivity contribution in [3.05, 3.63) is 0 Å². The van der Waals surface area contributed by atoms with Gasteiger partial charge in [-0.3, -0.25) is 4.79 Å². The van der Waals surface area contributed by atoms with Gasteiger partial charge in [0.2, 0.25) is 10.0 Å². The molecule has 0 aromatic rings. The van der Waals surface area contributed by atoms with Crippen LogP contribution in [0.4, 0.5) is 0 Å². The molecule has 0 saturated carbocycles. The van der Waals surface area contributed by atoms with E-state index in [1.165, 1.54) is 0 Å². The molecule has 0 aliphatic carbocycles. The van der Waals surface area contributed by atoms with E-state index < -0.39 is 27.3 Å². The molecule has 0 amide bonds. The van der Waals surface area contributed by atoms with Crippen molar-refractivity contribution in [1.29, 1.82) is 5.26 Å². The molecule has 0 saturated heterocycles. The second-order valence-corrected chi connectivity index (χ2v) is 6.19. The molecule has 0 aromatic heterocycles. The van der Waals surface area contributed by atoms with Crippen molar-refractivity contribution < 1.29 is 18.3 Å². The third-order valence-electron chi connectivity index (χ3n) is 1.86. The number of rotatable bonds is 5. The maximum absolute atomic E-state index is 11.7. The third kappa shape index (κ3) is 4.59. The van der Waals surface area contributed by atoms with Gasteiger partial charge in [0.15, 0.2) is 5.75 Å². The van der Waals surface area contributed by atoms with Crippen molar-refractivity contribution >= 4 is 16.0 Å². The highest BCUT2D eigenvalue weighted by atomic mass is 32.2. The van der Waals surface area contributed by atoms with Crippen molar-refractivity contribution in [1.82, 2.24) is 4.31 Å². The Morgan fingerprint density at radius 2 is 1.94 bits per heavy atom. The van der Waals surface area contributed by atoms with E-state index in [0.29, 0.717) is 0 Å². The lowest BCUT2D eigenvalue weighted by atomic mass is 10.1. The van der Waals surface area contributed by atoms with E-state index >= 15 is 0 Å². The minimum atomic E-state index is -3.72. The Balaban J connectivity index is 4.98. The first-order valence-electron chi connectivity index (χ1n) is 4.70. The van der Waals surface area contributed by atoms with Gasteiger partial charge < -0.3 is 5.11 Å². The highest BCUT2D eigenvalue weighted by Gasteiger charge is 2.32. The standard InChI is InChI=1S/C9H16N2O4S/c1-9(2,3)11(6-4-8(12)13)16(14,15)7-5-10/h4,6-7H2,1-3H3,(H,12,13). The first kappa shape index (κ1) is 14.9. The van der Waals surface area contributed by atoms with Gasteiger partial charge in [0.25, 0.3) is 0 Å². The summed E-state index contributed by atoms with van der Waals surface area (Å²) >= 11 is 0. The zero-order chi connectivity index (χ0) is 13.0. The Kier molecular flexibility index (Phi) is 4.90. The van der Waals surface area contributed by atoms with Gasteiger partial charge in [0, 0.05) is 12.1 Å². The number of nitriles is 1. The van der Waals surface area contributed by atoms with Crippen LogP contribution in [-0.4, -0.2) is 41.6 Å². The largest absolute Gasteiger partial charge is 0.481 e. The van der Waals surface area contributed by atoms with Gasteiger partial charge in [-0.1, -0.05) is 0 Å². The number of carboxylic acid groups (broad SMARTS) is 1. The maximum Gasteiger partial charge on any atom is 0.304 e. The highest BCUT2D eigenvalue weighted by Crippen LogP contribution is 2.18. The predicted octanol–water partition coefficient (Wildman–Crippen LogP) is 0.415. The minimum Gasteiger partial charge on any atom is -0.481 e. The molecule has 16 heavy (non-hydrogen) atoms. The lowest BCUT2D eigenvalue weighted by Crippen LogP contribution is -2.47. The fourth-order valence-electron chi connectivity index (χ4n) is 1.25. The van der Waals surface area contributed by atoms with Crippen LogP contribution in [0, 0.1) is 11.3 Å². The smallest absolute Gasteiger partial charge is 0.304 e. The van der Waals surface area contributed by atoms with Gasteiger partial charge in [0.05, 0.1) is 12.5 Å². The molecule has 0 aliphatic heterocycles. The highest BCUT2D eigenvalue weighted by molar-refractivity contribution is 7.89. The van der Waals surface area contributed by atoms with Crippen molar-refractivity contribution in [2.45, 2.75) is 32.7 Å². The summed E-state index contributed by atoms with van der Waals surface area (Å²) in [6.07, 6.45) is -0.276. The molecular weight excluding hydrogens is 232 g/mol. The molecule has 0 rings (SSSR count). The molecule has 92 valence electrons. The predicted molar refractivity (Wildman–Crippen MR) is 58.1 cm³/mol. The number of hydrogen-bond acceptors (Lipinski definition) is 4. The molecule has 0 heterocycles. The van der Waals surface area contributed by atoms with Crippen LogP contribution in [0.2, 0.25) is 0 Å². The Bertz CT molecular complexity index is 389.